The van der Waals surface area contributed by atoms with E-state index in [1.54, 1.807) is 18.2 Å². The van der Waals surface area contributed by atoms with Crippen LogP contribution >= 0.6 is 0 Å². The van der Waals surface area contributed by atoms with E-state index >= 15 is 0 Å². The Labute approximate surface area is 231 Å². The number of pyridine rings is 2. The van der Waals surface area contributed by atoms with Crippen molar-refractivity contribution in [3.63, 3.8) is 0 Å². The molecule has 1 aliphatic carbocycles. The molecule has 41 heavy (non-hydrogen) atoms. The number of nitrogens with zero attached hydrogens (tertiary/aromatic N) is 1. The van der Waals surface area contributed by atoms with E-state index in [9.17, 15) is 14.4 Å². The van der Waals surface area contributed by atoms with Crippen molar-refractivity contribution in [3.8, 4) is 22.6 Å². The molecule has 0 saturated heterocycles. The molecule has 208 valence electrons. The lowest BCUT2D eigenvalue weighted by atomic mass is 9.96. The highest BCUT2D eigenvalue weighted by Gasteiger charge is 2.26. The van der Waals surface area contributed by atoms with E-state index < -0.39 is 0 Å². The van der Waals surface area contributed by atoms with Crippen molar-refractivity contribution in [2.75, 3.05) is 13.2 Å². The van der Waals surface area contributed by atoms with E-state index in [1.807, 2.05) is 10.7 Å². The van der Waals surface area contributed by atoms with Gasteiger partial charge in [0.15, 0.2) is 22.5 Å². The van der Waals surface area contributed by atoms with Crippen LogP contribution in [-0.2, 0) is 0 Å². The number of aromatic amines is 3. The van der Waals surface area contributed by atoms with Crippen LogP contribution in [0, 0.1) is 0 Å². The first kappa shape index (κ1) is 24.1. The quantitative estimate of drug-likeness (QED) is 0.260. The molecule has 4 aromatic heterocycles. The second-order valence-electron chi connectivity index (χ2n) is 11.1. The summed E-state index contributed by atoms with van der Waals surface area (Å²) in [5, 5.41) is 4.87. The summed E-state index contributed by atoms with van der Waals surface area (Å²) in [6, 6.07) is 10.1. The minimum Gasteiger partial charge on any atom is -0.486 e. The van der Waals surface area contributed by atoms with Crippen LogP contribution in [-0.4, -0.2) is 33.0 Å². The molecule has 8 rings (SSSR count). The summed E-state index contributed by atoms with van der Waals surface area (Å²) in [6.45, 7) is 0.879. The normalized spacial score (nSPS) is 16.5. The number of furan rings is 1. The van der Waals surface area contributed by atoms with Crippen LogP contribution in [0.5, 0.6) is 11.5 Å². The molecule has 1 saturated carbocycles. The Kier molecular flexibility index (Phi) is 5.38. The lowest BCUT2D eigenvalue weighted by Crippen LogP contribution is -2.16. The van der Waals surface area contributed by atoms with Crippen molar-refractivity contribution >= 4 is 44.0 Å². The van der Waals surface area contributed by atoms with Crippen molar-refractivity contribution in [2.24, 2.45) is 0 Å². The molecule has 10 heteroatoms. The Morgan fingerprint density at radius 1 is 0.805 bits per heavy atom. The Morgan fingerprint density at radius 2 is 1.56 bits per heavy atom. The van der Waals surface area contributed by atoms with E-state index in [1.165, 1.54) is 31.4 Å². The minimum absolute atomic E-state index is 0.118. The molecule has 2 aromatic carbocycles. The van der Waals surface area contributed by atoms with E-state index in [-0.39, 0.29) is 22.6 Å². The fourth-order valence-corrected chi connectivity index (χ4v) is 6.57. The molecule has 0 amide bonds. The Hall–Kier alpha value is -4.73. The maximum atomic E-state index is 13.7. The molecule has 2 aliphatic rings. The molecule has 1 aliphatic heterocycles. The fraction of sp³-hybridized carbons (Fsp3) is 0.323. The Bertz CT molecular complexity index is 2170. The number of hydrogen-bond donors (Lipinski definition) is 3. The van der Waals surface area contributed by atoms with Gasteiger partial charge in [-0.25, -0.2) is 0 Å². The number of hydrogen-bond acceptors (Lipinski definition) is 6. The van der Waals surface area contributed by atoms with E-state index in [0.717, 1.165) is 31.1 Å². The standard InChI is InChI=1S/C31H28N4O6/c36-18-8-9-19-22(14-18)41-28-25(20-12-16-13-23-24(40-11-10-39-23)15-21(16)32-30(20)37)26-29(33-27(19)28)35(34-31(26)38)17-6-4-2-1-3-5-7-17/h8-9,12-15,17,33H,1-7,10-11H2,(H,32,37)(H,34,38). The average molecular weight is 553 g/mol. The molecule has 6 aromatic rings. The third-order valence-corrected chi connectivity index (χ3v) is 8.52. The molecular formula is C31H28N4O6. The lowest BCUT2D eigenvalue weighted by Gasteiger charge is -2.21. The predicted octanol–water partition coefficient (Wildman–Crippen LogP) is 5.48. The number of H-pyrrole nitrogens is 3. The highest BCUT2D eigenvalue weighted by atomic mass is 16.6. The molecule has 0 radical (unpaired) electrons. The maximum absolute atomic E-state index is 13.7. The fourth-order valence-electron chi connectivity index (χ4n) is 6.57. The van der Waals surface area contributed by atoms with Crippen molar-refractivity contribution in [1.82, 2.24) is 19.7 Å². The van der Waals surface area contributed by atoms with Gasteiger partial charge in [-0.2, -0.15) is 0 Å². The zero-order chi connectivity index (χ0) is 27.7. The first-order valence-electron chi connectivity index (χ1n) is 14.2. The molecule has 1 fully saturated rings. The van der Waals surface area contributed by atoms with Gasteiger partial charge in [-0.3, -0.25) is 24.2 Å². The van der Waals surface area contributed by atoms with Crippen LogP contribution < -0.4 is 26.0 Å². The first-order chi connectivity index (χ1) is 20.0. The van der Waals surface area contributed by atoms with Gasteiger partial charge in [-0.1, -0.05) is 32.1 Å². The van der Waals surface area contributed by atoms with E-state index in [2.05, 4.69) is 15.1 Å². The van der Waals surface area contributed by atoms with Gasteiger partial charge in [-0.05, 0) is 37.1 Å². The highest BCUT2D eigenvalue weighted by Crippen LogP contribution is 2.40. The Balaban J connectivity index is 1.46. The predicted molar refractivity (Wildman–Crippen MR) is 156 cm³/mol. The number of rotatable bonds is 2. The largest absolute Gasteiger partial charge is 0.486 e. The summed E-state index contributed by atoms with van der Waals surface area (Å²) in [5.74, 6) is 1.17. The van der Waals surface area contributed by atoms with Gasteiger partial charge in [0, 0.05) is 28.5 Å². The molecule has 0 spiro atoms. The zero-order valence-corrected chi connectivity index (χ0v) is 22.3. The molecule has 10 nitrogen and oxygen atoms in total. The smallest absolute Gasteiger partial charge is 0.274 e. The average Bonchev–Trinajstić information content (AvgIpc) is 3.47. The third kappa shape index (κ3) is 3.81. The van der Waals surface area contributed by atoms with Crippen molar-refractivity contribution in [2.45, 2.75) is 51.0 Å². The molecule has 5 heterocycles. The lowest BCUT2D eigenvalue weighted by molar-refractivity contribution is 0.172. The summed E-state index contributed by atoms with van der Waals surface area (Å²) in [5.41, 5.74) is 2.40. The van der Waals surface area contributed by atoms with Crippen molar-refractivity contribution in [1.29, 1.82) is 0 Å². The van der Waals surface area contributed by atoms with Gasteiger partial charge in [0.25, 0.3) is 11.1 Å². The van der Waals surface area contributed by atoms with Crippen LogP contribution in [0.2, 0.25) is 0 Å². The summed E-state index contributed by atoms with van der Waals surface area (Å²) < 4.78 is 19.7. The van der Waals surface area contributed by atoms with Gasteiger partial charge in [0.05, 0.1) is 28.0 Å². The summed E-state index contributed by atoms with van der Waals surface area (Å²) in [4.78, 5) is 46.1. The van der Waals surface area contributed by atoms with E-state index in [4.69, 9.17) is 13.9 Å². The van der Waals surface area contributed by atoms with Gasteiger partial charge >= 0.3 is 0 Å². The topological polar surface area (TPSA) is 135 Å². The van der Waals surface area contributed by atoms with Crippen LogP contribution in [0.1, 0.15) is 51.0 Å². The molecule has 0 atom stereocenters. The maximum Gasteiger partial charge on any atom is 0.274 e. The SMILES string of the molecule is O=c1ccc2c(c1)oc1c(-c3cc4cc5c(cc4[nH]c3=O)OCCO5)c3c(=O)[nH]n(C4CCCCCCC4)c3[nH]c12. The number of benzene rings is 2. The van der Waals surface area contributed by atoms with Gasteiger partial charge in [0.2, 0.25) is 0 Å². The van der Waals surface area contributed by atoms with Gasteiger partial charge in [-0.15, -0.1) is 0 Å². The van der Waals surface area contributed by atoms with Crippen LogP contribution in [0.25, 0.3) is 55.1 Å². The number of ether oxygens (including phenoxy) is 2. The second kappa shape index (κ2) is 9.15. The third-order valence-electron chi connectivity index (χ3n) is 8.52. The minimum atomic E-state index is -0.369. The first-order valence-corrected chi connectivity index (χ1v) is 14.2. The monoisotopic (exact) mass is 552 g/mol. The number of nitrogens with one attached hydrogen (secondary N) is 3. The van der Waals surface area contributed by atoms with Gasteiger partial charge in [0.1, 0.15) is 24.4 Å². The summed E-state index contributed by atoms with van der Waals surface area (Å²) >= 11 is 0. The molecule has 3 N–H and O–H groups in total. The summed E-state index contributed by atoms with van der Waals surface area (Å²) in [7, 11) is 0. The van der Waals surface area contributed by atoms with Crippen LogP contribution in [0.15, 0.2) is 55.2 Å². The van der Waals surface area contributed by atoms with Crippen molar-refractivity contribution in [3.05, 3.63) is 67.3 Å². The molecular weight excluding hydrogens is 524 g/mol. The van der Waals surface area contributed by atoms with Crippen LogP contribution in [0.4, 0.5) is 0 Å². The number of aromatic nitrogens is 4. The number of fused-ring (bicyclic) bond motifs is 6. The summed E-state index contributed by atoms with van der Waals surface area (Å²) in [6.07, 6.45) is 7.67. The zero-order valence-electron chi connectivity index (χ0n) is 22.3. The van der Waals surface area contributed by atoms with Crippen LogP contribution in [0.3, 0.4) is 0 Å². The van der Waals surface area contributed by atoms with Gasteiger partial charge < -0.3 is 23.9 Å². The van der Waals surface area contributed by atoms with E-state index in [0.29, 0.717) is 74.5 Å². The van der Waals surface area contributed by atoms with Crippen molar-refractivity contribution < 1.29 is 13.9 Å². The second-order valence-corrected chi connectivity index (χ2v) is 11.1. The Morgan fingerprint density at radius 3 is 2.37 bits per heavy atom. The molecule has 0 bridgehead atoms. The highest BCUT2D eigenvalue weighted by molar-refractivity contribution is 6.14. The molecule has 0 unspecified atom stereocenters.